The summed E-state index contributed by atoms with van der Waals surface area (Å²) in [4.78, 5) is 12.7. The maximum absolute atomic E-state index is 8.72. The van der Waals surface area contributed by atoms with Crippen molar-refractivity contribution >= 4 is 71.6 Å². The minimum absolute atomic E-state index is 0.136. The van der Waals surface area contributed by atoms with Gasteiger partial charge in [-0.15, -0.1) is 0 Å². The first-order valence-corrected chi connectivity index (χ1v) is 14.0. The number of aromatic nitrogens is 3. The molecule has 8 heteroatoms. The fraction of sp³-hybridized carbons (Fsp3) is 0.129. The number of hydrogen-bond acceptors (Lipinski definition) is 6. The molecule has 0 aliphatic rings. The van der Waals surface area contributed by atoms with E-state index in [1.165, 1.54) is 5.39 Å². The van der Waals surface area contributed by atoms with E-state index in [0.29, 0.717) is 6.54 Å². The Kier molecular flexibility index (Phi) is 10.8. The van der Waals surface area contributed by atoms with Gasteiger partial charge in [0, 0.05) is 64.5 Å². The number of alkyl halides is 1. The molecule has 6 nitrogen and oxygen atoms in total. The zero-order valence-corrected chi connectivity index (χ0v) is 23.6. The Labute approximate surface area is 241 Å². The average molecular weight is 603 g/mol. The quantitative estimate of drug-likeness (QED) is 0.171. The molecule has 6 rings (SSSR count). The zero-order valence-electron chi connectivity index (χ0n) is 21.3. The Bertz CT molecular complexity index is 1530. The molecule has 0 saturated carbocycles. The van der Waals surface area contributed by atoms with Crippen LogP contribution < -0.4 is 10.6 Å². The number of nitrogens with zero attached hydrogens (tertiary/aromatic N) is 3. The Morgan fingerprint density at radius 3 is 1.51 bits per heavy atom. The SMILES string of the molecule is BrCCNc1ccnc2ccccc12.Clc1ccnc2ccccc12.OCCNc1ccnc2ccccc12. The molecular weight excluding hydrogens is 574 g/mol. The Morgan fingerprint density at radius 1 is 0.590 bits per heavy atom. The molecule has 0 radical (unpaired) electrons. The van der Waals surface area contributed by atoms with Gasteiger partial charge < -0.3 is 15.7 Å². The summed E-state index contributed by atoms with van der Waals surface area (Å²) in [5.41, 5.74) is 5.11. The maximum Gasteiger partial charge on any atom is 0.0722 e. The average Bonchev–Trinajstić information content (AvgIpc) is 3.00. The monoisotopic (exact) mass is 601 g/mol. The Hall–Kier alpha value is -3.78. The van der Waals surface area contributed by atoms with E-state index in [0.717, 1.165) is 55.6 Å². The van der Waals surface area contributed by atoms with Crippen molar-refractivity contribution in [3.05, 3.63) is 115 Å². The lowest BCUT2D eigenvalue weighted by Crippen LogP contribution is -2.05. The molecule has 198 valence electrons. The summed E-state index contributed by atoms with van der Waals surface area (Å²) in [7, 11) is 0. The zero-order chi connectivity index (χ0) is 27.3. The van der Waals surface area contributed by atoms with Gasteiger partial charge in [-0.1, -0.05) is 82.1 Å². The number of hydrogen-bond donors (Lipinski definition) is 3. The summed E-state index contributed by atoms with van der Waals surface area (Å²) in [6.45, 7) is 1.62. The smallest absolute Gasteiger partial charge is 0.0722 e. The van der Waals surface area contributed by atoms with E-state index in [1.807, 2.05) is 85.1 Å². The third-order valence-corrected chi connectivity index (χ3v) is 6.46. The van der Waals surface area contributed by atoms with E-state index in [4.69, 9.17) is 16.7 Å². The van der Waals surface area contributed by atoms with Crippen molar-refractivity contribution in [3.8, 4) is 0 Å². The van der Waals surface area contributed by atoms with Crippen LogP contribution in [0.25, 0.3) is 32.7 Å². The van der Waals surface area contributed by atoms with Crippen molar-refractivity contribution in [3.63, 3.8) is 0 Å². The highest BCUT2D eigenvalue weighted by Crippen LogP contribution is 2.22. The second-order valence-electron chi connectivity index (χ2n) is 8.33. The van der Waals surface area contributed by atoms with Gasteiger partial charge in [0.25, 0.3) is 0 Å². The second kappa shape index (κ2) is 15.0. The Balaban J connectivity index is 0.000000137. The number of aliphatic hydroxyl groups is 1. The first kappa shape index (κ1) is 28.2. The van der Waals surface area contributed by atoms with Crippen molar-refractivity contribution < 1.29 is 5.11 Å². The number of pyridine rings is 3. The highest BCUT2D eigenvalue weighted by atomic mass is 79.9. The fourth-order valence-corrected chi connectivity index (χ4v) is 4.35. The number of anilines is 2. The molecule has 39 heavy (non-hydrogen) atoms. The van der Waals surface area contributed by atoms with Gasteiger partial charge in [0.15, 0.2) is 0 Å². The summed E-state index contributed by atoms with van der Waals surface area (Å²) in [5, 5.41) is 20.2. The van der Waals surface area contributed by atoms with Crippen LogP contribution in [0.15, 0.2) is 110 Å². The summed E-state index contributed by atoms with van der Waals surface area (Å²) < 4.78 is 0. The fourth-order valence-electron chi connectivity index (χ4n) is 3.93. The highest BCUT2D eigenvalue weighted by molar-refractivity contribution is 9.09. The number of fused-ring (bicyclic) bond motifs is 3. The molecule has 6 aromatic rings. The summed E-state index contributed by atoms with van der Waals surface area (Å²) in [6.07, 6.45) is 5.31. The molecular formula is C31H29BrClN5O. The van der Waals surface area contributed by atoms with Gasteiger partial charge in [0.2, 0.25) is 0 Å². The molecule has 0 bridgehead atoms. The van der Waals surface area contributed by atoms with Crippen molar-refractivity contribution in [2.45, 2.75) is 0 Å². The Morgan fingerprint density at radius 2 is 1.03 bits per heavy atom. The molecule has 0 unspecified atom stereocenters. The molecule has 3 N–H and O–H groups in total. The molecule has 0 aliphatic heterocycles. The molecule has 3 heterocycles. The van der Waals surface area contributed by atoms with Crippen LogP contribution in [0.1, 0.15) is 0 Å². The van der Waals surface area contributed by atoms with Crippen LogP contribution in [0, 0.1) is 0 Å². The first-order valence-electron chi connectivity index (χ1n) is 12.5. The van der Waals surface area contributed by atoms with Crippen LogP contribution >= 0.6 is 27.5 Å². The van der Waals surface area contributed by atoms with E-state index in [9.17, 15) is 0 Å². The first-order chi connectivity index (χ1) is 19.2. The normalized spacial score (nSPS) is 10.3. The molecule has 3 aromatic carbocycles. The lowest BCUT2D eigenvalue weighted by molar-refractivity contribution is 0.311. The van der Waals surface area contributed by atoms with Crippen molar-refractivity contribution in [2.24, 2.45) is 0 Å². The number of nitrogens with one attached hydrogen (secondary N) is 2. The maximum atomic E-state index is 8.72. The predicted molar refractivity (Wildman–Crippen MR) is 168 cm³/mol. The summed E-state index contributed by atoms with van der Waals surface area (Å²) in [5.74, 6) is 0. The van der Waals surface area contributed by atoms with Crippen molar-refractivity contribution in [1.82, 2.24) is 15.0 Å². The molecule has 0 aliphatic carbocycles. The minimum atomic E-state index is 0.136. The number of aliphatic hydroxyl groups excluding tert-OH is 1. The number of benzene rings is 3. The van der Waals surface area contributed by atoms with E-state index >= 15 is 0 Å². The molecule has 3 aromatic heterocycles. The van der Waals surface area contributed by atoms with Crippen molar-refractivity contribution in [2.75, 3.05) is 35.7 Å². The second-order valence-corrected chi connectivity index (χ2v) is 9.53. The number of rotatable bonds is 6. The van der Waals surface area contributed by atoms with Crippen LogP contribution in [-0.2, 0) is 0 Å². The van der Waals surface area contributed by atoms with Gasteiger partial charge in [-0.25, -0.2) is 0 Å². The molecule has 0 spiro atoms. The summed E-state index contributed by atoms with van der Waals surface area (Å²) in [6, 6.07) is 29.6. The van der Waals surface area contributed by atoms with Gasteiger partial charge in [-0.05, 0) is 36.4 Å². The van der Waals surface area contributed by atoms with E-state index in [-0.39, 0.29) is 6.61 Å². The minimum Gasteiger partial charge on any atom is -0.395 e. The van der Waals surface area contributed by atoms with Crippen LogP contribution in [0.5, 0.6) is 0 Å². The predicted octanol–water partition coefficient (Wildman–Crippen LogP) is 7.57. The van der Waals surface area contributed by atoms with Gasteiger partial charge >= 0.3 is 0 Å². The van der Waals surface area contributed by atoms with E-state index < -0.39 is 0 Å². The third kappa shape index (κ3) is 7.86. The third-order valence-electron chi connectivity index (χ3n) is 5.73. The van der Waals surface area contributed by atoms with Crippen LogP contribution in [0.2, 0.25) is 5.02 Å². The van der Waals surface area contributed by atoms with E-state index in [1.54, 1.807) is 18.5 Å². The van der Waals surface area contributed by atoms with Crippen LogP contribution in [0.4, 0.5) is 11.4 Å². The number of para-hydroxylation sites is 3. The van der Waals surface area contributed by atoms with Gasteiger partial charge in [0.05, 0.1) is 28.2 Å². The van der Waals surface area contributed by atoms with Crippen molar-refractivity contribution in [1.29, 1.82) is 0 Å². The number of halogens is 2. The lowest BCUT2D eigenvalue weighted by Gasteiger charge is -2.07. The highest BCUT2D eigenvalue weighted by Gasteiger charge is 2.00. The van der Waals surface area contributed by atoms with Gasteiger partial charge in [-0.3, -0.25) is 15.0 Å². The van der Waals surface area contributed by atoms with Gasteiger partial charge in [0.1, 0.15) is 0 Å². The largest absolute Gasteiger partial charge is 0.395 e. The molecule has 0 atom stereocenters. The standard InChI is InChI=1S/C11H11BrN2.C11H12N2O.C9H6ClN/c12-6-8-14-11-5-7-13-10-4-2-1-3-9(10)11;14-8-7-13-11-5-6-12-10-4-2-1-3-9(10)11;10-8-5-6-11-9-4-2-1-3-7(8)9/h1-5,7H,6,8H2,(H,13,14);1-6,14H,7-8H2,(H,12,13);1-6H. The topological polar surface area (TPSA) is 83.0 Å². The molecule has 0 saturated heterocycles. The van der Waals surface area contributed by atoms with E-state index in [2.05, 4.69) is 47.6 Å². The lowest BCUT2D eigenvalue weighted by atomic mass is 10.2. The molecule has 0 amide bonds. The molecule has 0 fully saturated rings. The van der Waals surface area contributed by atoms with Crippen LogP contribution in [0.3, 0.4) is 0 Å². The van der Waals surface area contributed by atoms with Gasteiger partial charge in [-0.2, -0.15) is 0 Å². The summed E-state index contributed by atoms with van der Waals surface area (Å²) >= 11 is 9.31. The van der Waals surface area contributed by atoms with Crippen LogP contribution in [-0.4, -0.2) is 45.1 Å².